The fourth-order valence-corrected chi connectivity index (χ4v) is 1.70. The average Bonchev–Trinajstić information content (AvgIpc) is 2.44. The third kappa shape index (κ3) is 24.0. The van der Waals surface area contributed by atoms with E-state index in [4.69, 9.17) is 5.11 Å². The van der Waals surface area contributed by atoms with Gasteiger partial charge in [-0.15, -0.1) is 0 Å². The first-order valence-electron chi connectivity index (χ1n) is 8.84. The van der Waals surface area contributed by atoms with Crippen molar-refractivity contribution in [1.29, 1.82) is 0 Å². The molecule has 22 heavy (non-hydrogen) atoms. The molecule has 0 aromatic heterocycles. The highest BCUT2D eigenvalue weighted by Crippen LogP contribution is 2.13. The van der Waals surface area contributed by atoms with Crippen molar-refractivity contribution in [3.63, 3.8) is 0 Å². The molecule has 0 aromatic rings. The Hall–Kier alpha value is -1.06. The summed E-state index contributed by atoms with van der Waals surface area (Å²) in [5.74, 6) is 0.196. The summed E-state index contributed by atoms with van der Waals surface area (Å²) in [4.78, 5) is 22.0. The molecule has 4 heteroatoms. The highest BCUT2D eigenvalue weighted by molar-refractivity contribution is 5.78. The first-order chi connectivity index (χ1) is 10.3. The lowest BCUT2D eigenvalue weighted by atomic mass is 9.97. The van der Waals surface area contributed by atoms with Gasteiger partial charge in [-0.05, 0) is 25.2 Å². The summed E-state index contributed by atoms with van der Waals surface area (Å²) < 4.78 is 0. The number of carboxylic acids is 1. The van der Waals surface area contributed by atoms with Crippen LogP contribution in [0, 0.1) is 11.8 Å². The maximum Gasteiger partial charge on any atom is 0.303 e. The number of aliphatic carboxylic acids is 1. The second kappa shape index (κ2) is 19.9. The van der Waals surface area contributed by atoms with Gasteiger partial charge in [-0.3, -0.25) is 9.59 Å². The molecule has 0 heterocycles. The van der Waals surface area contributed by atoms with Crippen molar-refractivity contribution >= 4 is 11.9 Å². The Labute approximate surface area is 138 Å². The van der Waals surface area contributed by atoms with Gasteiger partial charge in [0, 0.05) is 18.9 Å². The molecule has 2 N–H and O–H groups in total. The van der Waals surface area contributed by atoms with Crippen molar-refractivity contribution < 1.29 is 14.7 Å². The van der Waals surface area contributed by atoms with E-state index in [2.05, 4.69) is 39.9 Å². The molecule has 0 spiro atoms. The predicted molar refractivity (Wildman–Crippen MR) is 95.0 cm³/mol. The number of carbonyl (C=O) groups excluding carboxylic acids is 1. The van der Waals surface area contributed by atoms with Gasteiger partial charge in [0.05, 0.1) is 0 Å². The van der Waals surface area contributed by atoms with Crippen molar-refractivity contribution in [2.45, 2.75) is 87.0 Å². The largest absolute Gasteiger partial charge is 0.481 e. The van der Waals surface area contributed by atoms with E-state index in [1.807, 2.05) is 13.8 Å². The number of carbonyl (C=O) groups is 2. The quantitative estimate of drug-likeness (QED) is 0.596. The molecule has 1 amide bonds. The normalized spacial score (nSPS) is 9.50. The Kier molecular flexibility index (Phi) is 23.4. The fraction of sp³-hybridized carbons (Fsp3) is 0.889. The van der Waals surface area contributed by atoms with E-state index in [-0.39, 0.29) is 18.2 Å². The van der Waals surface area contributed by atoms with Crippen molar-refractivity contribution in [3.05, 3.63) is 0 Å². The summed E-state index contributed by atoms with van der Waals surface area (Å²) in [6, 6.07) is 0. The smallest absolute Gasteiger partial charge is 0.303 e. The van der Waals surface area contributed by atoms with Crippen LogP contribution in [0.3, 0.4) is 0 Å². The summed E-state index contributed by atoms with van der Waals surface area (Å²) in [7, 11) is 0. The summed E-state index contributed by atoms with van der Waals surface area (Å²) in [6.45, 7) is 15.1. The van der Waals surface area contributed by atoms with E-state index in [1.54, 1.807) is 0 Å². The van der Waals surface area contributed by atoms with E-state index < -0.39 is 5.97 Å². The van der Waals surface area contributed by atoms with Gasteiger partial charge >= 0.3 is 5.97 Å². The molecular weight excluding hydrogens is 278 g/mol. The monoisotopic (exact) mass is 317 g/mol. The third-order valence-corrected chi connectivity index (χ3v) is 2.51. The minimum atomic E-state index is -0.812. The minimum absolute atomic E-state index is 0.0779. The minimum Gasteiger partial charge on any atom is -0.481 e. The highest BCUT2D eigenvalue weighted by atomic mass is 16.4. The molecule has 0 radical (unpaired) electrons. The molecule has 0 aromatic carbocycles. The molecule has 134 valence electrons. The SMILES string of the molecule is CC.CC(C)C.CCCC(CCC)C(=O)NCCCC(=O)O. The number of hydrogen-bond acceptors (Lipinski definition) is 2. The number of rotatable bonds is 9. The van der Waals surface area contributed by atoms with Crippen LogP contribution < -0.4 is 5.32 Å². The van der Waals surface area contributed by atoms with Crippen LogP contribution >= 0.6 is 0 Å². The molecule has 0 aliphatic heterocycles. The summed E-state index contributed by atoms with van der Waals surface area (Å²) in [6.07, 6.45) is 4.47. The Balaban J connectivity index is -0.000000516. The molecule has 0 saturated heterocycles. The van der Waals surface area contributed by atoms with E-state index >= 15 is 0 Å². The molecule has 0 unspecified atom stereocenters. The maximum atomic E-state index is 11.7. The van der Waals surface area contributed by atoms with Crippen LogP contribution in [0.2, 0.25) is 0 Å². The van der Waals surface area contributed by atoms with Crippen LogP contribution in [0.15, 0.2) is 0 Å². The summed E-state index contributed by atoms with van der Waals surface area (Å²) in [5.41, 5.74) is 0. The molecule has 0 saturated carbocycles. The molecule has 0 atom stereocenters. The van der Waals surface area contributed by atoms with Crippen LogP contribution in [0.4, 0.5) is 0 Å². The lowest BCUT2D eigenvalue weighted by molar-refractivity contribution is -0.137. The topological polar surface area (TPSA) is 66.4 Å². The third-order valence-electron chi connectivity index (χ3n) is 2.51. The molecule has 0 aliphatic carbocycles. The number of amides is 1. The average molecular weight is 318 g/mol. The summed E-state index contributed by atoms with van der Waals surface area (Å²) >= 11 is 0. The van der Waals surface area contributed by atoms with E-state index in [9.17, 15) is 9.59 Å². The standard InChI is InChI=1S/C12H23NO3.C4H10.C2H6/c1-3-6-10(7-4-2)12(16)13-9-5-8-11(14)15;1-4(2)3;1-2/h10H,3-9H2,1-2H3,(H,13,16)(H,14,15);4H,1-3H3;1-2H3. The Bertz CT molecular complexity index is 244. The number of carboxylic acid groups (broad SMARTS) is 1. The summed E-state index contributed by atoms with van der Waals surface area (Å²) in [5, 5.41) is 11.2. The van der Waals surface area contributed by atoms with E-state index in [0.717, 1.165) is 31.6 Å². The fourth-order valence-electron chi connectivity index (χ4n) is 1.70. The zero-order valence-electron chi connectivity index (χ0n) is 15.9. The Morgan fingerprint density at radius 1 is 1.00 bits per heavy atom. The first-order valence-corrected chi connectivity index (χ1v) is 8.84. The second-order valence-corrected chi connectivity index (χ2v) is 5.79. The van der Waals surface area contributed by atoms with Gasteiger partial charge in [0.15, 0.2) is 0 Å². The predicted octanol–water partition coefficient (Wildman–Crippen LogP) is 4.87. The molecule has 0 fully saturated rings. The molecular formula is C18H39NO3. The van der Waals surface area contributed by atoms with Gasteiger partial charge in [-0.1, -0.05) is 61.3 Å². The number of nitrogens with one attached hydrogen (secondary N) is 1. The van der Waals surface area contributed by atoms with Gasteiger partial charge in [-0.25, -0.2) is 0 Å². The van der Waals surface area contributed by atoms with Gasteiger partial charge in [0.1, 0.15) is 0 Å². The van der Waals surface area contributed by atoms with Gasteiger partial charge in [0.25, 0.3) is 0 Å². The lowest BCUT2D eigenvalue weighted by Gasteiger charge is -2.14. The van der Waals surface area contributed by atoms with E-state index in [0.29, 0.717) is 13.0 Å². The van der Waals surface area contributed by atoms with Crippen LogP contribution in [0.25, 0.3) is 0 Å². The molecule has 0 rings (SSSR count). The number of hydrogen-bond donors (Lipinski definition) is 2. The van der Waals surface area contributed by atoms with Crippen molar-refractivity contribution in [2.24, 2.45) is 11.8 Å². The van der Waals surface area contributed by atoms with Crippen LogP contribution in [0.5, 0.6) is 0 Å². The van der Waals surface area contributed by atoms with Crippen LogP contribution in [-0.2, 0) is 9.59 Å². The molecule has 0 bridgehead atoms. The maximum absolute atomic E-state index is 11.7. The van der Waals surface area contributed by atoms with Crippen molar-refractivity contribution in [3.8, 4) is 0 Å². The van der Waals surface area contributed by atoms with Crippen LogP contribution in [0.1, 0.15) is 87.0 Å². The van der Waals surface area contributed by atoms with Crippen molar-refractivity contribution in [2.75, 3.05) is 6.54 Å². The van der Waals surface area contributed by atoms with Gasteiger partial charge < -0.3 is 10.4 Å². The molecule has 0 aliphatic rings. The van der Waals surface area contributed by atoms with E-state index in [1.165, 1.54) is 0 Å². The second-order valence-electron chi connectivity index (χ2n) is 5.79. The lowest BCUT2D eigenvalue weighted by Crippen LogP contribution is -2.31. The zero-order valence-corrected chi connectivity index (χ0v) is 15.9. The Morgan fingerprint density at radius 3 is 1.73 bits per heavy atom. The van der Waals surface area contributed by atoms with Crippen LogP contribution in [-0.4, -0.2) is 23.5 Å². The van der Waals surface area contributed by atoms with Gasteiger partial charge in [-0.2, -0.15) is 0 Å². The van der Waals surface area contributed by atoms with Gasteiger partial charge in [0.2, 0.25) is 5.91 Å². The van der Waals surface area contributed by atoms with Crippen molar-refractivity contribution in [1.82, 2.24) is 5.32 Å². The zero-order chi connectivity index (χ0) is 18.0. The first kappa shape index (κ1) is 25.9. The molecule has 4 nitrogen and oxygen atoms in total. The highest BCUT2D eigenvalue weighted by Gasteiger charge is 2.15. The Morgan fingerprint density at radius 2 is 1.41 bits per heavy atom.